The number of rotatable bonds is 6. The van der Waals surface area contributed by atoms with E-state index in [1.165, 1.54) is 7.11 Å². The van der Waals surface area contributed by atoms with E-state index in [1.54, 1.807) is 19.1 Å². The molecular weight excluding hydrogens is 294 g/mol. The fraction of sp³-hybridized carbons (Fsp3) is 0.538. The zero-order valence-electron chi connectivity index (χ0n) is 12.3. The number of nitrogens with zero attached hydrogens (tertiary/aromatic N) is 1. The molecule has 0 saturated carbocycles. The van der Waals surface area contributed by atoms with Gasteiger partial charge in [-0.05, 0) is 18.2 Å². The first-order valence-corrected chi connectivity index (χ1v) is 8.32. The number of methoxy groups -OCH3 is 1. The summed E-state index contributed by atoms with van der Waals surface area (Å²) < 4.78 is 39.1. The van der Waals surface area contributed by atoms with Crippen LogP contribution in [0.25, 0.3) is 0 Å². The minimum Gasteiger partial charge on any atom is -0.495 e. The third-order valence-electron chi connectivity index (χ3n) is 3.14. The van der Waals surface area contributed by atoms with Crippen LogP contribution in [0, 0.1) is 0 Å². The van der Waals surface area contributed by atoms with Crippen molar-refractivity contribution in [3.63, 3.8) is 0 Å². The monoisotopic (exact) mass is 315 g/mol. The molecule has 1 heterocycles. The highest BCUT2D eigenvalue weighted by molar-refractivity contribution is 7.90. The zero-order valence-corrected chi connectivity index (χ0v) is 13.1. The molecule has 2 N–H and O–H groups in total. The molecule has 0 atom stereocenters. The highest BCUT2D eigenvalue weighted by Crippen LogP contribution is 2.30. The molecule has 118 valence electrons. The molecule has 0 aliphatic carbocycles. The van der Waals surface area contributed by atoms with Crippen molar-refractivity contribution in [2.24, 2.45) is 0 Å². The summed E-state index contributed by atoms with van der Waals surface area (Å²) in [6, 6.07) is 5.45. The molecule has 0 bridgehead atoms. The molecule has 0 amide bonds. The maximum Gasteiger partial charge on any atom is 0.299 e. The Labute approximate surface area is 125 Å². The molecular formula is C13H21N3O4S. The Kier molecular flexibility index (Phi) is 5.27. The SMILES string of the molecule is CCNS(=O)(=O)Nc1cc(N2CCOCC2)ccc1OC. The zero-order chi connectivity index (χ0) is 15.3. The van der Waals surface area contributed by atoms with Crippen molar-refractivity contribution in [3.05, 3.63) is 18.2 Å². The van der Waals surface area contributed by atoms with E-state index in [9.17, 15) is 8.42 Å². The van der Waals surface area contributed by atoms with E-state index in [4.69, 9.17) is 9.47 Å². The maximum absolute atomic E-state index is 11.8. The van der Waals surface area contributed by atoms with Gasteiger partial charge in [0.2, 0.25) is 0 Å². The van der Waals surface area contributed by atoms with Crippen molar-refractivity contribution in [3.8, 4) is 5.75 Å². The van der Waals surface area contributed by atoms with E-state index in [0.29, 0.717) is 31.2 Å². The van der Waals surface area contributed by atoms with Crippen molar-refractivity contribution in [1.82, 2.24) is 4.72 Å². The second-order valence-corrected chi connectivity index (χ2v) is 6.09. The molecule has 0 unspecified atom stereocenters. The highest BCUT2D eigenvalue weighted by atomic mass is 32.2. The van der Waals surface area contributed by atoms with Crippen LogP contribution in [0.2, 0.25) is 0 Å². The number of hydrogen-bond acceptors (Lipinski definition) is 5. The van der Waals surface area contributed by atoms with Gasteiger partial charge in [0.05, 0.1) is 26.0 Å². The molecule has 0 spiro atoms. The van der Waals surface area contributed by atoms with Crippen LogP contribution in [0.4, 0.5) is 11.4 Å². The second-order valence-electron chi connectivity index (χ2n) is 4.59. The Morgan fingerprint density at radius 1 is 1.33 bits per heavy atom. The third kappa shape index (κ3) is 4.23. The first kappa shape index (κ1) is 15.9. The standard InChI is InChI=1S/C13H21N3O4S/c1-3-14-21(17,18)15-12-10-11(4-5-13(12)19-2)16-6-8-20-9-7-16/h4-5,10,14-15H,3,6-9H2,1-2H3. The van der Waals surface area contributed by atoms with Crippen LogP contribution in [0.1, 0.15) is 6.92 Å². The molecule has 7 nitrogen and oxygen atoms in total. The van der Waals surface area contributed by atoms with Crippen molar-refractivity contribution < 1.29 is 17.9 Å². The lowest BCUT2D eigenvalue weighted by Crippen LogP contribution is -2.36. The van der Waals surface area contributed by atoms with Gasteiger partial charge < -0.3 is 14.4 Å². The number of benzene rings is 1. The first-order chi connectivity index (χ1) is 10.1. The molecule has 1 fully saturated rings. The molecule has 1 aliphatic heterocycles. The molecule has 0 radical (unpaired) electrons. The molecule has 1 aliphatic rings. The Bertz CT molecular complexity index is 571. The summed E-state index contributed by atoms with van der Waals surface area (Å²) in [5.41, 5.74) is 1.36. The van der Waals surface area contributed by atoms with Crippen molar-refractivity contribution in [2.75, 3.05) is 49.6 Å². The van der Waals surface area contributed by atoms with Gasteiger partial charge in [0.15, 0.2) is 0 Å². The lowest BCUT2D eigenvalue weighted by atomic mass is 10.2. The summed E-state index contributed by atoms with van der Waals surface area (Å²) in [6.07, 6.45) is 0. The first-order valence-electron chi connectivity index (χ1n) is 6.84. The van der Waals surface area contributed by atoms with E-state index < -0.39 is 10.2 Å². The van der Waals surface area contributed by atoms with Crippen LogP contribution in [-0.4, -0.2) is 48.4 Å². The molecule has 1 saturated heterocycles. The summed E-state index contributed by atoms with van der Waals surface area (Å²) in [5, 5.41) is 0. The summed E-state index contributed by atoms with van der Waals surface area (Å²) in [4.78, 5) is 2.15. The van der Waals surface area contributed by atoms with Crippen LogP contribution in [0.5, 0.6) is 5.75 Å². The fourth-order valence-corrected chi connectivity index (χ4v) is 3.07. The number of nitrogens with one attached hydrogen (secondary N) is 2. The van der Waals surface area contributed by atoms with Crippen LogP contribution in [-0.2, 0) is 14.9 Å². The van der Waals surface area contributed by atoms with Gasteiger partial charge in [-0.15, -0.1) is 0 Å². The molecule has 1 aromatic carbocycles. The highest BCUT2D eigenvalue weighted by Gasteiger charge is 2.16. The number of ether oxygens (including phenoxy) is 2. The summed E-state index contributed by atoms with van der Waals surface area (Å²) in [5.74, 6) is 0.480. The van der Waals surface area contributed by atoms with Gasteiger partial charge in [-0.2, -0.15) is 13.1 Å². The Balaban J connectivity index is 2.25. The minimum atomic E-state index is -3.59. The van der Waals surface area contributed by atoms with Gasteiger partial charge in [0.25, 0.3) is 10.2 Å². The summed E-state index contributed by atoms with van der Waals surface area (Å²) in [6.45, 7) is 4.95. The van der Waals surface area contributed by atoms with Crippen LogP contribution < -0.4 is 19.1 Å². The Morgan fingerprint density at radius 2 is 2.05 bits per heavy atom. The average molecular weight is 315 g/mol. The minimum absolute atomic E-state index is 0.320. The van der Waals surface area contributed by atoms with Gasteiger partial charge in [-0.3, -0.25) is 4.72 Å². The Morgan fingerprint density at radius 3 is 2.67 bits per heavy atom. The topological polar surface area (TPSA) is 79.9 Å². The molecule has 21 heavy (non-hydrogen) atoms. The second kappa shape index (κ2) is 6.97. The largest absolute Gasteiger partial charge is 0.495 e. The van der Waals surface area contributed by atoms with Gasteiger partial charge in [-0.1, -0.05) is 6.92 Å². The van der Waals surface area contributed by atoms with Crippen LogP contribution in [0.3, 0.4) is 0 Å². The predicted octanol–water partition coefficient (Wildman–Crippen LogP) is 0.798. The van der Waals surface area contributed by atoms with E-state index in [0.717, 1.165) is 18.8 Å². The maximum atomic E-state index is 11.8. The van der Waals surface area contributed by atoms with Gasteiger partial charge in [-0.25, -0.2) is 0 Å². The summed E-state index contributed by atoms with van der Waals surface area (Å²) in [7, 11) is -2.08. The average Bonchev–Trinajstić information content (AvgIpc) is 2.47. The molecule has 0 aromatic heterocycles. The lowest BCUT2D eigenvalue weighted by molar-refractivity contribution is 0.122. The van der Waals surface area contributed by atoms with Crippen LogP contribution >= 0.6 is 0 Å². The predicted molar refractivity (Wildman–Crippen MR) is 82.2 cm³/mol. The van der Waals surface area contributed by atoms with Crippen molar-refractivity contribution in [1.29, 1.82) is 0 Å². The number of morpholine rings is 1. The normalized spacial score (nSPS) is 15.8. The summed E-state index contributed by atoms with van der Waals surface area (Å²) >= 11 is 0. The smallest absolute Gasteiger partial charge is 0.299 e. The quantitative estimate of drug-likeness (QED) is 0.811. The number of anilines is 2. The van der Waals surface area contributed by atoms with Gasteiger partial charge in [0.1, 0.15) is 5.75 Å². The van der Waals surface area contributed by atoms with Crippen LogP contribution in [0.15, 0.2) is 18.2 Å². The third-order valence-corrected chi connectivity index (χ3v) is 4.30. The van der Waals surface area contributed by atoms with E-state index >= 15 is 0 Å². The van der Waals surface area contributed by atoms with Crippen molar-refractivity contribution >= 4 is 21.6 Å². The van der Waals surface area contributed by atoms with E-state index in [1.807, 2.05) is 6.07 Å². The van der Waals surface area contributed by atoms with Crippen molar-refractivity contribution in [2.45, 2.75) is 6.92 Å². The number of hydrogen-bond donors (Lipinski definition) is 2. The lowest BCUT2D eigenvalue weighted by Gasteiger charge is -2.29. The molecule has 1 aromatic rings. The van der Waals surface area contributed by atoms with E-state index in [2.05, 4.69) is 14.3 Å². The van der Waals surface area contributed by atoms with Gasteiger partial charge >= 0.3 is 0 Å². The van der Waals surface area contributed by atoms with E-state index in [-0.39, 0.29) is 0 Å². The Hall–Kier alpha value is -1.51. The molecule has 8 heteroatoms. The molecule has 2 rings (SSSR count). The van der Waals surface area contributed by atoms with Gasteiger partial charge in [0, 0.05) is 25.3 Å². The fourth-order valence-electron chi connectivity index (χ4n) is 2.16.